The Morgan fingerprint density at radius 2 is 1.68 bits per heavy atom. The molecular formula is C33H34F7N3O4. The zero-order chi connectivity index (χ0) is 34.6. The third-order valence-corrected chi connectivity index (χ3v) is 8.16. The summed E-state index contributed by atoms with van der Waals surface area (Å²) in [6.07, 6.45) is -3.27. The summed E-state index contributed by atoms with van der Waals surface area (Å²) in [5.41, 5.74) is -3.43. The highest BCUT2D eigenvalue weighted by atomic mass is 19.4. The largest absolute Gasteiger partial charge is 0.481 e. The van der Waals surface area contributed by atoms with Gasteiger partial charge < -0.3 is 19.9 Å². The van der Waals surface area contributed by atoms with Gasteiger partial charge in [-0.25, -0.2) is 17.6 Å². The average molecular weight is 670 g/mol. The molecule has 254 valence electrons. The molecule has 3 aromatic rings. The van der Waals surface area contributed by atoms with Crippen molar-refractivity contribution in [2.45, 2.75) is 69.6 Å². The molecule has 4 rings (SSSR count). The number of carboxylic acid groups (broad SMARTS) is 1. The smallest absolute Gasteiger partial charge is 0.416 e. The summed E-state index contributed by atoms with van der Waals surface area (Å²) in [5.74, 6) is -7.48. The van der Waals surface area contributed by atoms with Gasteiger partial charge in [0, 0.05) is 36.0 Å². The van der Waals surface area contributed by atoms with Crippen LogP contribution in [0.1, 0.15) is 72.9 Å². The number of rotatable bonds is 6. The average Bonchev–Trinajstić information content (AvgIpc) is 2.96. The summed E-state index contributed by atoms with van der Waals surface area (Å²) in [7, 11) is 3.30. The number of aromatic nitrogens is 1. The second-order valence-electron chi connectivity index (χ2n) is 11.9. The molecule has 0 aliphatic carbocycles. The number of aryl methyl sites for hydroxylation is 1. The van der Waals surface area contributed by atoms with E-state index in [-0.39, 0.29) is 54.5 Å². The van der Waals surface area contributed by atoms with Crippen LogP contribution in [0.5, 0.6) is 0 Å². The number of nitrogens with one attached hydrogen (secondary N) is 1. The van der Waals surface area contributed by atoms with Gasteiger partial charge in [-0.1, -0.05) is 19.3 Å². The topological polar surface area (TPSA) is 91.6 Å². The Labute approximate surface area is 266 Å². The predicted molar refractivity (Wildman–Crippen MR) is 159 cm³/mol. The molecule has 0 spiro atoms. The zero-order valence-electron chi connectivity index (χ0n) is 25.7. The molecule has 2 bridgehead atoms. The first-order valence-corrected chi connectivity index (χ1v) is 15.0. The minimum Gasteiger partial charge on any atom is -0.481 e. The molecule has 2 heterocycles. The van der Waals surface area contributed by atoms with Gasteiger partial charge in [0.25, 0.3) is 5.56 Å². The first-order valence-electron chi connectivity index (χ1n) is 15.0. The molecule has 2 N–H and O–H groups in total. The fourth-order valence-corrected chi connectivity index (χ4v) is 5.88. The first-order chi connectivity index (χ1) is 22.1. The Kier molecular flexibility index (Phi) is 11.2. The van der Waals surface area contributed by atoms with Crippen molar-refractivity contribution in [2.75, 3.05) is 20.6 Å². The van der Waals surface area contributed by atoms with Crippen LogP contribution in [0.2, 0.25) is 0 Å². The maximum atomic E-state index is 15.3. The fraction of sp³-hybridized carbons (Fsp3) is 0.424. The molecule has 1 aromatic heterocycles. The number of amides is 1. The number of hydrogen-bond acceptors (Lipinski definition) is 4. The van der Waals surface area contributed by atoms with Crippen LogP contribution >= 0.6 is 0 Å². The number of fused-ring (bicyclic) bond motifs is 4. The van der Waals surface area contributed by atoms with Crippen molar-refractivity contribution in [2.24, 2.45) is 0 Å². The molecule has 1 amide bonds. The Hall–Kier alpha value is -4.20. The van der Waals surface area contributed by atoms with Gasteiger partial charge in [0.1, 0.15) is 17.7 Å². The Morgan fingerprint density at radius 1 is 0.979 bits per heavy atom. The van der Waals surface area contributed by atoms with E-state index in [2.05, 4.69) is 5.32 Å². The molecule has 2 atom stereocenters. The van der Waals surface area contributed by atoms with E-state index in [9.17, 15) is 37.1 Å². The monoisotopic (exact) mass is 669 g/mol. The van der Waals surface area contributed by atoms with Crippen molar-refractivity contribution in [3.63, 3.8) is 0 Å². The summed E-state index contributed by atoms with van der Waals surface area (Å²) in [6.45, 7) is 0.187. The number of benzene rings is 2. The Balaban J connectivity index is 1.86. The normalized spacial score (nSPS) is 17.9. The summed E-state index contributed by atoms with van der Waals surface area (Å²) >= 11 is 0. The minimum absolute atomic E-state index is 0.0687. The lowest BCUT2D eigenvalue weighted by atomic mass is 9.92. The van der Waals surface area contributed by atoms with Gasteiger partial charge in [0.2, 0.25) is 5.91 Å². The van der Waals surface area contributed by atoms with Crippen LogP contribution in [0.3, 0.4) is 0 Å². The molecule has 1 aliphatic heterocycles. The highest BCUT2D eigenvalue weighted by Gasteiger charge is 2.36. The van der Waals surface area contributed by atoms with Crippen LogP contribution in [0.4, 0.5) is 30.7 Å². The van der Waals surface area contributed by atoms with Crippen LogP contribution in [-0.4, -0.2) is 47.1 Å². The van der Waals surface area contributed by atoms with Crippen molar-refractivity contribution in [1.29, 1.82) is 0 Å². The van der Waals surface area contributed by atoms with E-state index in [4.69, 9.17) is 0 Å². The van der Waals surface area contributed by atoms with Crippen LogP contribution in [-0.2, 0) is 28.6 Å². The van der Waals surface area contributed by atoms with Crippen molar-refractivity contribution in [3.8, 4) is 11.1 Å². The molecule has 0 saturated carbocycles. The van der Waals surface area contributed by atoms with Crippen LogP contribution in [0.25, 0.3) is 11.1 Å². The lowest BCUT2D eigenvalue weighted by molar-refractivity contribution is -0.139. The highest BCUT2D eigenvalue weighted by molar-refractivity contribution is 5.82. The van der Waals surface area contributed by atoms with Crippen LogP contribution in [0, 0.1) is 23.3 Å². The number of carbonyl (C=O) groups excluding carboxylic acids is 1. The highest BCUT2D eigenvalue weighted by Crippen LogP contribution is 2.36. The van der Waals surface area contributed by atoms with Crippen molar-refractivity contribution in [1.82, 2.24) is 14.8 Å². The van der Waals surface area contributed by atoms with Gasteiger partial charge in [-0.2, -0.15) is 13.2 Å². The number of nitrogens with zero attached hydrogens (tertiary/aromatic N) is 2. The van der Waals surface area contributed by atoms with Gasteiger partial charge in [0.15, 0.2) is 11.6 Å². The Bertz CT molecular complexity index is 1700. The van der Waals surface area contributed by atoms with Crippen molar-refractivity contribution in [3.05, 3.63) is 92.4 Å². The number of carboxylic acids is 1. The number of pyridine rings is 1. The van der Waals surface area contributed by atoms with E-state index in [1.54, 1.807) is 19.0 Å². The quantitative estimate of drug-likeness (QED) is 0.290. The molecule has 2 aromatic carbocycles. The second kappa shape index (κ2) is 14.7. The maximum Gasteiger partial charge on any atom is 0.416 e. The maximum absolute atomic E-state index is 15.3. The molecule has 1 aliphatic rings. The molecule has 1 unspecified atom stereocenters. The summed E-state index contributed by atoms with van der Waals surface area (Å²) in [4.78, 5) is 40.4. The van der Waals surface area contributed by atoms with Crippen LogP contribution in [0.15, 0.2) is 41.3 Å². The number of alkyl halides is 3. The second-order valence-corrected chi connectivity index (χ2v) is 11.9. The SMILES string of the molecule is CN(C)CCc1cn(C2CCCCCCc3cc(F)cc(F)c3-c3cc(F)c(F)c(c3)[C@H](CC(=O)O)NC2=O)c(=O)cc1C(F)(F)F. The van der Waals surface area contributed by atoms with Crippen molar-refractivity contribution >= 4 is 11.9 Å². The molecule has 14 heteroatoms. The van der Waals surface area contributed by atoms with Gasteiger partial charge in [-0.05, 0) is 74.7 Å². The first kappa shape index (κ1) is 35.7. The fourth-order valence-electron chi connectivity index (χ4n) is 5.88. The molecule has 7 nitrogen and oxygen atoms in total. The number of likely N-dealkylation sites (N-methyl/N-ethyl adjacent to an activating group) is 1. The van der Waals surface area contributed by atoms with E-state index in [0.717, 1.165) is 22.9 Å². The zero-order valence-corrected chi connectivity index (χ0v) is 25.7. The van der Waals surface area contributed by atoms with E-state index in [1.165, 1.54) is 0 Å². The standard InChI is InChI=1S/C33H34F7N3O4/c1-42(2)10-9-19-17-43(28(44)15-23(19)33(38,39)40)27-8-6-4-3-5-7-18-11-21(34)14-24(35)30(18)20-12-22(31(37)25(36)13-20)26(16-29(45)46)41-32(27)47/h11-15,17,26-27H,3-10,16H2,1-2H3,(H,41,47)(H,45,46)/t26-,27?/m0/s1. The molecule has 0 fully saturated rings. The van der Waals surface area contributed by atoms with E-state index < -0.39 is 76.5 Å². The Morgan fingerprint density at radius 3 is 2.34 bits per heavy atom. The third-order valence-electron chi connectivity index (χ3n) is 8.16. The number of hydrogen-bond donors (Lipinski definition) is 2. The predicted octanol–water partition coefficient (Wildman–Crippen LogP) is 6.57. The number of carbonyl (C=O) groups is 2. The van der Waals surface area contributed by atoms with Crippen LogP contribution < -0.4 is 10.9 Å². The van der Waals surface area contributed by atoms with E-state index >= 15 is 13.2 Å². The van der Waals surface area contributed by atoms with Gasteiger partial charge in [-0.3, -0.25) is 14.4 Å². The van der Waals surface area contributed by atoms with Gasteiger partial charge >= 0.3 is 12.1 Å². The molecule has 0 radical (unpaired) electrons. The van der Waals surface area contributed by atoms with E-state index in [1.807, 2.05) is 0 Å². The molecule has 47 heavy (non-hydrogen) atoms. The lowest BCUT2D eigenvalue weighted by Gasteiger charge is -2.26. The van der Waals surface area contributed by atoms with Gasteiger partial charge in [-0.15, -0.1) is 0 Å². The molecular weight excluding hydrogens is 635 g/mol. The summed E-state index contributed by atoms with van der Waals surface area (Å²) in [5, 5.41) is 12.0. The van der Waals surface area contributed by atoms with Crippen molar-refractivity contribution < 1.29 is 45.4 Å². The summed E-state index contributed by atoms with van der Waals surface area (Å²) in [6, 6.07) is 0.557. The summed E-state index contributed by atoms with van der Waals surface area (Å²) < 4.78 is 102. The molecule has 0 saturated heterocycles. The number of aliphatic carboxylic acids is 1. The third kappa shape index (κ3) is 8.59. The number of halogens is 7. The van der Waals surface area contributed by atoms with Gasteiger partial charge in [0.05, 0.1) is 18.0 Å². The minimum atomic E-state index is -4.86. The lowest BCUT2D eigenvalue weighted by Crippen LogP contribution is -2.40. The van der Waals surface area contributed by atoms with E-state index in [0.29, 0.717) is 37.5 Å².